The summed E-state index contributed by atoms with van der Waals surface area (Å²) in [7, 11) is -2.10. The average molecular weight is 304 g/mol. The Balaban J connectivity index is 2.19. The van der Waals surface area contributed by atoms with Crippen LogP contribution in [0.5, 0.6) is 0 Å². The summed E-state index contributed by atoms with van der Waals surface area (Å²) < 4.78 is 31.9. The van der Waals surface area contributed by atoms with Gasteiger partial charge in [-0.1, -0.05) is 12.8 Å². The molecule has 2 fully saturated rings. The number of carbonyl (C=O) groups is 1. The van der Waals surface area contributed by atoms with Crippen LogP contribution in [0.3, 0.4) is 0 Å². The lowest BCUT2D eigenvalue weighted by atomic mass is 9.89. The second kappa shape index (κ2) is 6.41. The molecule has 1 N–H and O–H groups in total. The molecule has 116 valence electrons. The number of nitrogens with zero attached hydrogens (tertiary/aromatic N) is 1. The third-order valence-electron chi connectivity index (χ3n) is 4.28. The van der Waals surface area contributed by atoms with Crippen LogP contribution < -0.4 is 5.32 Å². The van der Waals surface area contributed by atoms with Crippen molar-refractivity contribution in [1.82, 2.24) is 9.62 Å². The molecule has 2 unspecified atom stereocenters. The predicted octanol–water partition coefficient (Wildman–Crippen LogP) is 0.342. The lowest BCUT2D eigenvalue weighted by Gasteiger charge is -2.37. The molecule has 2 rings (SSSR count). The number of hydrogen-bond acceptors (Lipinski definition) is 5. The molecule has 1 aliphatic carbocycles. The topological polar surface area (TPSA) is 75.7 Å². The summed E-state index contributed by atoms with van der Waals surface area (Å²) in [5.74, 6) is -0.898. The summed E-state index contributed by atoms with van der Waals surface area (Å²) in [6, 6.07) is 0.152. The third kappa shape index (κ3) is 3.15. The molecule has 0 radical (unpaired) electrons. The second-order valence-electron chi connectivity index (χ2n) is 5.71. The van der Waals surface area contributed by atoms with Crippen LogP contribution in [-0.4, -0.2) is 56.7 Å². The monoisotopic (exact) mass is 304 g/mol. The Morgan fingerprint density at radius 1 is 1.30 bits per heavy atom. The van der Waals surface area contributed by atoms with E-state index < -0.39 is 21.2 Å². The van der Waals surface area contributed by atoms with Gasteiger partial charge >= 0.3 is 5.97 Å². The van der Waals surface area contributed by atoms with Gasteiger partial charge in [0.2, 0.25) is 10.0 Å². The van der Waals surface area contributed by atoms with Gasteiger partial charge in [-0.15, -0.1) is 0 Å². The average Bonchev–Trinajstić information content (AvgIpc) is 2.46. The van der Waals surface area contributed by atoms with Crippen LogP contribution in [0, 0.1) is 5.92 Å². The normalized spacial score (nSPS) is 32.8. The highest BCUT2D eigenvalue weighted by atomic mass is 32.2. The van der Waals surface area contributed by atoms with Gasteiger partial charge in [0, 0.05) is 25.7 Å². The Kier molecular flexibility index (Phi) is 5.04. The van der Waals surface area contributed by atoms with Crippen molar-refractivity contribution in [2.24, 2.45) is 5.92 Å². The van der Waals surface area contributed by atoms with E-state index in [0.29, 0.717) is 32.5 Å². The summed E-state index contributed by atoms with van der Waals surface area (Å²) >= 11 is 0. The first-order valence-corrected chi connectivity index (χ1v) is 8.77. The highest BCUT2D eigenvalue weighted by molar-refractivity contribution is 7.89. The first-order valence-electron chi connectivity index (χ1n) is 7.27. The van der Waals surface area contributed by atoms with E-state index in [1.165, 1.54) is 7.11 Å². The van der Waals surface area contributed by atoms with Gasteiger partial charge in [0.25, 0.3) is 0 Å². The van der Waals surface area contributed by atoms with Gasteiger partial charge in [-0.2, -0.15) is 4.31 Å². The third-order valence-corrected chi connectivity index (χ3v) is 6.66. The van der Waals surface area contributed by atoms with Crippen LogP contribution in [0.2, 0.25) is 0 Å². The molecule has 0 bridgehead atoms. The van der Waals surface area contributed by atoms with Crippen LogP contribution in [0.15, 0.2) is 0 Å². The van der Waals surface area contributed by atoms with E-state index in [1.807, 2.05) is 6.92 Å². The molecule has 7 heteroatoms. The molecule has 1 saturated heterocycles. The zero-order valence-electron chi connectivity index (χ0n) is 12.2. The van der Waals surface area contributed by atoms with Crippen molar-refractivity contribution in [3.8, 4) is 0 Å². The molecule has 2 aliphatic rings. The van der Waals surface area contributed by atoms with E-state index in [1.54, 1.807) is 4.31 Å². The zero-order chi connectivity index (χ0) is 14.8. The highest BCUT2D eigenvalue weighted by Gasteiger charge is 2.43. The van der Waals surface area contributed by atoms with Crippen LogP contribution in [-0.2, 0) is 19.6 Å². The first-order chi connectivity index (χ1) is 9.46. The van der Waals surface area contributed by atoms with Gasteiger partial charge in [-0.3, -0.25) is 4.79 Å². The Labute approximate surface area is 120 Å². The summed E-state index contributed by atoms with van der Waals surface area (Å²) in [5, 5.41) is 2.62. The van der Waals surface area contributed by atoms with Gasteiger partial charge in [0.1, 0.15) is 0 Å². The quantitative estimate of drug-likeness (QED) is 0.761. The number of esters is 1. The summed E-state index contributed by atoms with van der Waals surface area (Å²) in [4.78, 5) is 11.9. The maximum atomic E-state index is 12.8. The van der Waals surface area contributed by atoms with Gasteiger partial charge in [0.05, 0.1) is 18.3 Å². The number of piperazine rings is 1. The van der Waals surface area contributed by atoms with Crippen LogP contribution in [0.4, 0.5) is 0 Å². The molecule has 1 aliphatic heterocycles. The van der Waals surface area contributed by atoms with Crippen LogP contribution >= 0.6 is 0 Å². The molecule has 0 spiro atoms. The van der Waals surface area contributed by atoms with E-state index in [2.05, 4.69) is 5.32 Å². The minimum absolute atomic E-state index is 0.152. The van der Waals surface area contributed by atoms with Crippen molar-refractivity contribution in [2.45, 2.75) is 43.9 Å². The molecule has 1 heterocycles. The van der Waals surface area contributed by atoms with Crippen molar-refractivity contribution in [1.29, 1.82) is 0 Å². The van der Waals surface area contributed by atoms with Crippen molar-refractivity contribution < 1.29 is 17.9 Å². The zero-order valence-corrected chi connectivity index (χ0v) is 13.0. The molecule has 0 aromatic carbocycles. The summed E-state index contributed by atoms with van der Waals surface area (Å²) in [5.41, 5.74) is 0. The number of nitrogens with one attached hydrogen (secondary N) is 1. The van der Waals surface area contributed by atoms with Crippen LogP contribution in [0.1, 0.15) is 32.6 Å². The lowest BCUT2D eigenvalue weighted by molar-refractivity contribution is -0.146. The van der Waals surface area contributed by atoms with Crippen LogP contribution in [0.25, 0.3) is 0 Å². The molecule has 0 amide bonds. The predicted molar refractivity (Wildman–Crippen MR) is 75.7 cm³/mol. The Morgan fingerprint density at radius 2 is 2.00 bits per heavy atom. The SMILES string of the molecule is COC(=O)C1CCCCC1S(=O)(=O)N1CCN[C@@H](C)C1. The number of hydrogen-bond donors (Lipinski definition) is 1. The minimum atomic E-state index is -3.43. The Hall–Kier alpha value is -0.660. The number of rotatable bonds is 3. The molecule has 0 aromatic heterocycles. The largest absolute Gasteiger partial charge is 0.469 e. The van der Waals surface area contributed by atoms with Gasteiger partial charge in [-0.25, -0.2) is 8.42 Å². The highest BCUT2D eigenvalue weighted by Crippen LogP contribution is 2.32. The van der Waals surface area contributed by atoms with Gasteiger partial charge in [-0.05, 0) is 19.8 Å². The fourth-order valence-electron chi connectivity index (χ4n) is 3.19. The Morgan fingerprint density at radius 3 is 2.65 bits per heavy atom. The van der Waals surface area contributed by atoms with Gasteiger partial charge < -0.3 is 10.1 Å². The van der Waals surface area contributed by atoms with E-state index in [4.69, 9.17) is 4.74 Å². The number of methoxy groups -OCH3 is 1. The standard InChI is InChI=1S/C13H24N2O4S/c1-10-9-15(8-7-14-10)20(17,18)12-6-4-3-5-11(12)13(16)19-2/h10-12,14H,3-9H2,1-2H3/t10-,11?,12?/m0/s1. The molecule has 3 atom stereocenters. The molecular weight excluding hydrogens is 280 g/mol. The first kappa shape index (κ1) is 15.7. The van der Waals surface area contributed by atoms with Gasteiger partial charge in [0.15, 0.2) is 0 Å². The van der Waals surface area contributed by atoms with Crippen molar-refractivity contribution >= 4 is 16.0 Å². The molecule has 1 saturated carbocycles. The molecule has 0 aromatic rings. The second-order valence-corrected chi connectivity index (χ2v) is 7.86. The summed E-state index contributed by atoms with van der Waals surface area (Å²) in [6.45, 7) is 3.60. The minimum Gasteiger partial charge on any atom is -0.469 e. The van der Waals surface area contributed by atoms with E-state index in [9.17, 15) is 13.2 Å². The fourth-order valence-corrected chi connectivity index (χ4v) is 5.48. The van der Waals surface area contributed by atoms with E-state index in [0.717, 1.165) is 12.8 Å². The van der Waals surface area contributed by atoms with Crippen molar-refractivity contribution in [3.05, 3.63) is 0 Å². The molecular formula is C13H24N2O4S. The number of ether oxygens (including phenoxy) is 1. The van der Waals surface area contributed by atoms with E-state index >= 15 is 0 Å². The van der Waals surface area contributed by atoms with Crippen molar-refractivity contribution in [3.63, 3.8) is 0 Å². The number of sulfonamides is 1. The lowest BCUT2D eigenvalue weighted by Crippen LogP contribution is -2.55. The number of carbonyl (C=O) groups excluding carboxylic acids is 1. The molecule has 6 nitrogen and oxygen atoms in total. The van der Waals surface area contributed by atoms with Crippen molar-refractivity contribution in [2.75, 3.05) is 26.7 Å². The Bertz CT molecular complexity index is 451. The maximum Gasteiger partial charge on any atom is 0.310 e. The summed E-state index contributed by atoms with van der Waals surface area (Å²) in [6.07, 6.45) is 2.92. The molecule has 20 heavy (non-hydrogen) atoms. The smallest absolute Gasteiger partial charge is 0.310 e. The fraction of sp³-hybridized carbons (Fsp3) is 0.923. The van der Waals surface area contributed by atoms with E-state index in [-0.39, 0.29) is 12.0 Å². The maximum absolute atomic E-state index is 12.8.